The SMILES string of the molecule is COc1ccccc1OCc1nc2ccccc2n1CC(=O)Nc1cc(C)cc(C)c1. The van der Waals surface area contributed by atoms with Gasteiger partial charge < -0.3 is 19.4 Å². The number of para-hydroxylation sites is 4. The van der Waals surface area contributed by atoms with E-state index in [-0.39, 0.29) is 19.1 Å². The number of aromatic nitrogens is 2. The predicted octanol–water partition coefficient (Wildman–Crippen LogP) is 4.88. The van der Waals surface area contributed by atoms with E-state index in [1.807, 2.05) is 79.1 Å². The van der Waals surface area contributed by atoms with Crippen LogP contribution in [0, 0.1) is 13.8 Å². The molecule has 6 heteroatoms. The summed E-state index contributed by atoms with van der Waals surface area (Å²) >= 11 is 0. The highest BCUT2D eigenvalue weighted by molar-refractivity contribution is 5.92. The van der Waals surface area contributed by atoms with Crippen molar-refractivity contribution in [2.75, 3.05) is 12.4 Å². The Morgan fingerprint density at radius 1 is 0.968 bits per heavy atom. The van der Waals surface area contributed by atoms with Crippen molar-refractivity contribution in [1.82, 2.24) is 9.55 Å². The number of hydrogen-bond acceptors (Lipinski definition) is 4. The third-order valence-electron chi connectivity index (χ3n) is 4.97. The highest BCUT2D eigenvalue weighted by atomic mass is 16.5. The minimum Gasteiger partial charge on any atom is -0.493 e. The minimum absolute atomic E-state index is 0.119. The Morgan fingerprint density at radius 3 is 2.39 bits per heavy atom. The van der Waals surface area contributed by atoms with Crippen molar-refractivity contribution in [1.29, 1.82) is 0 Å². The molecule has 1 heterocycles. The topological polar surface area (TPSA) is 65.4 Å². The molecule has 31 heavy (non-hydrogen) atoms. The van der Waals surface area contributed by atoms with Crippen molar-refractivity contribution >= 4 is 22.6 Å². The van der Waals surface area contributed by atoms with E-state index in [0.29, 0.717) is 17.3 Å². The number of benzene rings is 3. The van der Waals surface area contributed by atoms with Crippen molar-refractivity contribution in [3.05, 3.63) is 83.7 Å². The van der Waals surface area contributed by atoms with Gasteiger partial charge in [0.15, 0.2) is 11.5 Å². The van der Waals surface area contributed by atoms with Gasteiger partial charge in [-0.3, -0.25) is 4.79 Å². The van der Waals surface area contributed by atoms with Gasteiger partial charge in [0.2, 0.25) is 5.91 Å². The highest BCUT2D eigenvalue weighted by Crippen LogP contribution is 2.27. The number of methoxy groups -OCH3 is 1. The third-order valence-corrected chi connectivity index (χ3v) is 4.97. The number of rotatable bonds is 7. The summed E-state index contributed by atoms with van der Waals surface area (Å²) in [7, 11) is 1.61. The van der Waals surface area contributed by atoms with Crippen LogP contribution in [0.3, 0.4) is 0 Å². The smallest absolute Gasteiger partial charge is 0.244 e. The van der Waals surface area contributed by atoms with Crippen LogP contribution in [-0.4, -0.2) is 22.6 Å². The van der Waals surface area contributed by atoms with Crippen LogP contribution in [0.25, 0.3) is 11.0 Å². The molecule has 0 fully saturated rings. The maximum atomic E-state index is 12.9. The summed E-state index contributed by atoms with van der Waals surface area (Å²) in [5, 5.41) is 3.00. The number of nitrogens with zero attached hydrogens (tertiary/aromatic N) is 2. The fourth-order valence-electron chi connectivity index (χ4n) is 3.68. The van der Waals surface area contributed by atoms with E-state index < -0.39 is 0 Å². The lowest BCUT2D eigenvalue weighted by Crippen LogP contribution is -2.21. The van der Waals surface area contributed by atoms with Crippen molar-refractivity contribution < 1.29 is 14.3 Å². The lowest BCUT2D eigenvalue weighted by atomic mass is 10.1. The first-order valence-electron chi connectivity index (χ1n) is 10.1. The first-order valence-corrected chi connectivity index (χ1v) is 10.1. The molecule has 1 N–H and O–H groups in total. The van der Waals surface area contributed by atoms with Crippen LogP contribution in [-0.2, 0) is 17.9 Å². The second-order valence-electron chi connectivity index (χ2n) is 7.47. The van der Waals surface area contributed by atoms with Crippen LogP contribution in [0.2, 0.25) is 0 Å². The van der Waals surface area contributed by atoms with E-state index in [1.165, 1.54) is 0 Å². The molecule has 3 aromatic carbocycles. The molecule has 0 spiro atoms. The van der Waals surface area contributed by atoms with Crippen LogP contribution in [0.15, 0.2) is 66.7 Å². The molecule has 0 unspecified atom stereocenters. The molecule has 0 aliphatic heterocycles. The highest BCUT2D eigenvalue weighted by Gasteiger charge is 2.15. The minimum atomic E-state index is -0.119. The lowest BCUT2D eigenvalue weighted by Gasteiger charge is -2.13. The van der Waals surface area contributed by atoms with Crippen molar-refractivity contribution in [3.63, 3.8) is 0 Å². The number of fused-ring (bicyclic) bond motifs is 1. The molecule has 0 saturated heterocycles. The van der Waals surface area contributed by atoms with Crippen molar-refractivity contribution in [2.24, 2.45) is 0 Å². The van der Waals surface area contributed by atoms with Crippen LogP contribution < -0.4 is 14.8 Å². The summed E-state index contributed by atoms with van der Waals surface area (Å²) < 4.78 is 13.2. The lowest BCUT2D eigenvalue weighted by molar-refractivity contribution is -0.116. The van der Waals surface area contributed by atoms with Gasteiger partial charge in [-0.25, -0.2) is 4.98 Å². The Bertz CT molecular complexity index is 1210. The number of nitrogens with one attached hydrogen (secondary N) is 1. The van der Waals surface area contributed by atoms with Gasteiger partial charge in [0.25, 0.3) is 0 Å². The van der Waals surface area contributed by atoms with Gasteiger partial charge in [-0.1, -0.05) is 30.3 Å². The molecular formula is C25H25N3O3. The maximum absolute atomic E-state index is 12.9. The van der Waals surface area contributed by atoms with E-state index >= 15 is 0 Å². The number of amides is 1. The molecule has 0 atom stereocenters. The number of carbonyl (C=O) groups is 1. The number of aryl methyl sites for hydroxylation is 2. The summed E-state index contributed by atoms with van der Waals surface area (Å²) in [6.07, 6.45) is 0. The molecule has 4 aromatic rings. The zero-order valence-corrected chi connectivity index (χ0v) is 17.9. The fraction of sp³-hybridized carbons (Fsp3) is 0.200. The molecular weight excluding hydrogens is 390 g/mol. The van der Waals surface area contributed by atoms with Gasteiger partial charge in [0.05, 0.1) is 18.1 Å². The second kappa shape index (κ2) is 8.92. The Hall–Kier alpha value is -3.80. The average molecular weight is 415 g/mol. The Morgan fingerprint density at radius 2 is 1.65 bits per heavy atom. The molecule has 0 saturated carbocycles. The normalized spacial score (nSPS) is 10.8. The molecule has 158 valence electrons. The standard InChI is InChI=1S/C25H25N3O3/c1-17-12-18(2)14-19(13-17)26-25(29)15-28-21-9-5-4-8-20(21)27-24(28)16-31-23-11-7-6-10-22(23)30-3/h4-14H,15-16H2,1-3H3,(H,26,29). The Labute approximate surface area is 181 Å². The third kappa shape index (κ3) is 4.69. The Kier molecular flexibility index (Phi) is 5.89. The van der Waals surface area contributed by atoms with E-state index in [0.717, 1.165) is 27.8 Å². The van der Waals surface area contributed by atoms with Crippen molar-refractivity contribution in [2.45, 2.75) is 27.0 Å². The average Bonchev–Trinajstić information content (AvgIpc) is 3.09. The fourth-order valence-corrected chi connectivity index (χ4v) is 3.68. The number of hydrogen-bond donors (Lipinski definition) is 1. The molecule has 6 nitrogen and oxygen atoms in total. The van der Waals surface area contributed by atoms with Gasteiger partial charge >= 0.3 is 0 Å². The molecule has 0 aliphatic rings. The quantitative estimate of drug-likeness (QED) is 0.467. The molecule has 1 aromatic heterocycles. The molecule has 0 bridgehead atoms. The van der Waals surface area contributed by atoms with Crippen LogP contribution in [0.4, 0.5) is 5.69 Å². The van der Waals surface area contributed by atoms with E-state index in [4.69, 9.17) is 9.47 Å². The molecule has 1 amide bonds. The zero-order valence-electron chi connectivity index (χ0n) is 17.9. The van der Waals surface area contributed by atoms with Gasteiger partial charge in [-0.2, -0.15) is 0 Å². The summed E-state index contributed by atoms with van der Waals surface area (Å²) in [4.78, 5) is 17.5. The number of ether oxygens (including phenoxy) is 2. The number of anilines is 1. The number of imidazole rings is 1. The van der Waals surface area contributed by atoms with Gasteiger partial charge in [0.1, 0.15) is 19.0 Å². The largest absolute Gasteiger partial charge is 0.493 e. The Balaban J connectivity index is 1.58. The predicted molar refractivity (Wildman–Crippen MR) is 122 cm³/mol. The van der Waals surface area contributed by atoms with Crippen LogP contribution in [0.1, 0.15) is 17.0 Å². The van der Waals surface area contributed by atoms with Gasteiger partial charge in [-0.05, 0) is 61.4 Å². The zero-order chi connectivity index (χ0) is 21.8. The summed E-state index contributed by atoms with van der Waals surface area (Å²) in [6.45, 7) is 4.38. The van der Waals surface area contributed by atoms with E-state index in [2.05, 4.69) is 16.4 Å². The van der Waals surface area contributed by atoms with Gasteiger partial charge in [0, 0.05) is 5.69 Å². The maximum Gasteiger partial charge on any atom is 0.244 e. The summed E-state index contributed by atoms with van der Waals surface area (Å²) in [6, 6.07) is 21.2. The monoisotopic (exact) mass is 415 g/mol. The summed E-state index contributed by atoms with van der Waals surface area (Å²) in [5.74, 6) is 1.83. The first-order chi connectivity index (χ1) is 15.0. The van der Waals surface area contributed by atoms with E-state index in [1.54, 1.807) is 7.11 Å². The van der Waals surface area contributed by atoms with Crippen LogP contribution in [0.5, 0.6) is 11.5 Å². The van der Waals surface area contributed by atoms with Crippen LogP contribution >= 0.6 is 0 Å². The molecule has 4 rings (SSSR count). The first kappa shape index (κ1) is 20.5. The van der Waals surface area contributed by atoms with Crippen molar-refractivity contribution in [3.8, 4) is 11.5 Å². The molecule has 0 aliphatic carbocycles. The van der Waals surface area contributed by atoms with Gasteiger partial charge in [-0.15, -0.1) is 0 Å². The molecule has 0 radical (unpaired) electrons. The summed E-state index contributed by atoms with van der Waals surface area (Å²) in [5.41, 5.74) is 4.71. The number of carbonyl (C=O) groups excluding carboxylic acids is 1. The second-order valence-corrected chi connectivity index (χ2v) is 7.47. The van der Waals surface area contributed by atoms with E-state index in [9.17, 15) is 4.79 Å².